The number of benzene rings is 2. The summed E-state index contributed by atoms with van der Waals surface area (Å²) in [5.41, 5.74) is 2.77. The van der Waals surface area contributed by atoms with E-state index >= 15 is 0 Å². The van der Waals surface area contributed by atoms with E-state index in [1.165, 1.54) is 0 Å². The number of hydrogen-bond donors (Lipinski definition) is 1. The molecule has 2 aromatic carbocycles. The largest absolute Gasteiger partial charge is 0.343 e. The molecule has 4 nitrogen and oxygen atoms in total. The van der Waals surface area contributed by atoms with Crippen molar-refractivity contribution in [3.8, 4) is 0 Å². The van der Waals surface area contributed by atoms with Gasteiger partial charge in [0.15, 0.2) is 0 Å². The van der Waals surface area contributed by atoms with Crippen molar-refractivity contribution in [2.75, 3.05) is 13.6 Å². The van der Waals surface area contributed by atoms with Crippen LogP contribution in [0.4, 0.5) is 0 Å². The van der Waals surface area contributed by atoms with Gasteiger partial charge in [-0.25, -0.2) is 0 Å². The molecule has 23 heavy (non-hydrogen) atoms. The van der Waals surface area contributed by atoms with Crippen molar-refractivity contribution in [1.82, 2.24) is 10.2 Å². The summed E-state index contributed by atoms with van der Waals surface area (Å²) >= 11 is 3.32. The van der Waals surface area contributed by atoms with Gasteiger partial charge in [-0.05, 0) is 42.3 Å². The number of aryl methyl sites for hydroxylation is 1. The van der Waals surface area contributed by atoms with Gasteiger partial charge in [-0.3, -0.25) is 9.59 Å². The summed E-state index contributed by atoms with van der Waals surface area (Å²) in [6.07, 6.45) is 0. The predicted molar refractivity (Wildman–Crippen MR) is 94.1 cm³/mol. The smallest absolute Gasteiger partial charge is 0.251 e. The van der Waals surface area contributed by atoms with E-state index in [1.54, 1.807) is 36.2 Å². The number of halogens is 1. The average molecular weight is 375 g/mol. The van der Waals surface area contributed by atoms with Crippen LogP contribution in [0.3, 0.4) is 0 Å². The summed E-state index contributed by atoms with van der Waals surface area (Å²) in [6.45, 7) is 2.53. The number of likely N-dealkylation sites (N-methyl/N-ethyl adjacent to an activating group) is 1. The second-order valence-electron chi connectivity index (χ2n) is 5.37. The Morgan fingerprint density at radius 2 is 1.74 bits per heavy atom. The lowest BCUT2D eigenvalue weighted by Crippen LogP contribution is -2.37. The number of hydrogen-bond acceptors (Lipinski definition) is 2. The number of amides is 2. The Labute approximate surface area is 144 Å². The molecule has 0 bridgehead atoms. The van der Waals surface area contributed by atoms with Crippen molar-refractivity contribution in [3.63, 3.8) is 0 Å². The topological polar surface area (TPSA) is 49.4 Å². The molecule has 0 spiro atoms. The lowest BCUT2D eigenvalue weighted by Gasteiger charge is -2.18. The van der Waals surface area contributed by atoms with Crippen LogP contribution in [0.2, 0.25) is 0 Å². The van der Waals surface area contributed by atoms with Crippen LogP contribution in [-0.4, -0.2) is 30.3 Å². The maximum Gasteiger partial charge on any atom is 0.251 e. The Hall–Kier alpha value is -2.14. The third-order valence-electron chi connectivity index (χ3n) is 3.60. The molecule has 0 aliphatic rings. The highest BCUT2D eigenvalue weighted by Gasteiger charge is 2.12. The molecule has 0 unspecified atom stereocenters. The molecule has 0 aromatic heterocycles. The third kappa shape index (κ3) is 4.93. The molecule has 0 heterocycles. The van der Waals surface area contributed by atoms with Crippen molar-refractivity contribution in [1.29, 1.82) is 0 Å². The molecule has 0 saturated carbocycles. The zero-order valence-electron chi connectivity index (χ0n) is 13.2. The van der Waals surface area contributed by atoms with Gasteiger partial charge >= 0.3 is 0 Å². The fourth-order valence-electron chi connectivity index (χ4n) is 2.13. The maximum absolute atomic E-state index is 12.2. The minimum absolute atomic E-state index is 0.0166. The zero-order chi connectivity index (χ0) is 16.8. The number of carbonyl (C=O) groups excluding carboxylic acids is 2. The molecule has 0 radical (unpaired) electrons. The van der Waals surface area contributed by atoms with Crippen LogP contribution >= 0.6 is 15.9 Å². The van der Waals surface area contributed by atoms with E-state index in [0.717, 1.165) is 15.6 Å². The quantitative estimate of drug-likeness (QED) is 0.873. The molecule has 1 N–H and O–H groups in total. The number of nitrogens with one attached hydrogen (secondary N) is 1. The fraction of sp³-hybridized carbons (Fsp3) is 0.222. The van der Waals surface area contributed by atoms with Gasteiger partial charge < -0.3 is 10.2 Å². The molecule has 0 saturated heterocycles. The van der Waals surface area contributed by atoms with Gasteiger partial charge in [0.05, 0.1) is 6.54 Å². The van der Waals surface area contributed by atoms with Crippen LogP contribution in [0, 0.1) is 6.92 Å². The van der Waals surface area contributed by atoms with E-state index in [9.17, 15) is 9.59 Å². The molecule has 5 heteroatoms. The average Bonchev–Trinajstić information content (AvgIpc) is 2.55. The van der Waals surface area contributed by atoms with E-state index < -0.39 is 0 Å². The SMILES string of the molecule is Cc1ccccc1CN(C)C(=O)CNC(=O)c1ccc(Br)cc1. The highest BCUT2D eigenvalue weighted by Crippen LogP contribution is 2.11. The van der Waals surface area contributed by atoms with Gasteiger partial charge in [-0.1, -0.05) is 40.2 Å². The summed E-state index contributed by atoms with van der Waals surface area (Å²) in [5.74, 6) is -0.381. The molecular weight excluding hydrogens is 356 g/mol. The Morgan fingerprint density at radius 1 is 1.09 bits per heavy atom. The molecule has 2 rings (SSSR count). The summed E-state index contributed by atoms with van der Waals surface area (Å²) in [4.78, 5) is 25.8. The Kier molecular flexibility index (Phi) is 5.93. The highest BCUT2D eigenvalue weighted by molar-refractivity contribution is 9.10. The van der Waals surface area contributed by atoms with Gasteiger partial charge in [0, 0.05) is 23.6 Å². The molecule has 2 aromatic rings. The first kappa shape index (κ1) is 17.2. The highest BCUT2D eigenvalue weighted by atomic mass is 79.9. The first-order valence-electron chi connectivity index (χ1n) is 7.29. The summed E-state index contributed by atoms with van der Waals surface area (Å²) in [7, 11) is 1.74. The maximum atomic E-state index is 12.2. The fourth-order valence-corrected chi connectivity index (χ4v) is 2.39. The zero-order valence-corrected chi connectivity index (χ0v) is 14.8. The van der Waals surface area contributed by atoms with Gasteiger partial charge in [0.2, 0.25) is 5.91 Å². The van der Waals surface area contributed by atoms with Crippen LogP contribution in [0.25, 0.3) is 0 Å². The summed E-state index contributed by atoms with van der Waals surface area (Å²) in [5, 5.41) is 2.65. The number of rotatable bonds is 5. The Balaban J connectivity index is 1.87. The van der Waals surface area contributed by atoms with E-state index in [4.69, 9.17) is 0 Å². The van der Waals surface area contributed by atoms with Gasteiger partial charge in [-0.2, -0.15) is 0 Å². The van der Waals surface area contributed by atoms with E-state index in [-0.39, 0.29) is 18.4 Å². The van der Waals surface area contributed by atoms with E-state index in [0.29, 0.717) is 12.1 Å². The predicted octanol–water partition coefficient (Wildman–Crippen LogP) is 3.15. The van der Waals surface area contributed by atoms with Crippen LogP contribution in [0.15, 0.2) is 53.0 Å². The minimum atomic E-state index is -0.254. The van der Waals surface area contributed by atoms with Crippen LogP contribution < -0.4 is 5.32 Å². The first-order valence-corrected chi connectivity index (χ1v) is 8.09. The van der Waals surface area contributed by atoms with Crippen molar-refractivity contribution in [3.05, 3.63) is 69.7 Å². The van der Waals surface area contributed by atoms with Gasteiger partial charge in [-0.15, -0.1) is 0 Å². The second kappa shape index (κ2) is 7.92. The van der Waals surface area contributed by atoms with Crippen molar-refractivity contribution in [2.24, 2.45) is 0 Å². The van der Waals surface area contributed by atoms with Crippen molar-refractivity contribution < 1.29 is 9.59 Å². The van der Waals surface area contributed by atoms with Gasteiger partial charge in [0.1, 0.15) is 0 Å². The summed E-state index contributed by atoms with van der Waals surface area (Å²) in [6, 6.07) is 14.9. The Morgan fingerprint density at radius 3 is 2.39 bits per heavy atom. The Bertz CT molecular complexity index is 698. The molecule has 0 aliphatic carbocycles. The molecule has 0 aliphatic heterocycles. The third-order valence-corrected chi connectivity index (χ3v) is 4.13. The van der Waals surface area contributed by atoms with E-state index in [2.05, 4.69) is 21.2 Å². The minimum Gasteiger partial charge on any atom is -0.343 e. The monoisotopic (exact) mass is 374 g/mol. The number of carbonyl (C=O) groups is 2. The van der Waals surface area contributed by atoms with Gasteiger partial charge in [0.25, 0.3) is 5.91 Å². The lowest BCUT2D eigenvalue weighted by molar-refractivity contribution is -0.129. The standard InChI is InChI=1S/C18H19BrN2O2/c1-13-5-3-4-6-15(13)12-21(2)17(22)11-20-18(23)14-7-9-16(19)10-8-14/h3-10H,11-12H2,1-2H3,(H,20,23). The lowest BCUT2D eigenvalue weighted by atomic mass is 10.1. The molecule has 120 valence electrons. The second-order valence-corrected chi connectivity index (χ2v) is 6.28. The van der Waals surface area contributed by atoms with Crippen LogP contribution in [0.1, 0.15) is 21.5 Å². The van der Waals surface area contributed by atoms with Crippen molar-refractivity contribution in [2.45, 2.75) is 13.5 Å². The first-order chi connectivity index (χ1) is 11.0. The molecule has 0 fully saturated rings. The molecule has 2 amide bonds. The summed E-state index contributed by atoms with van der Waals surface area (Å²) < 4.78 is 0.906. The van der Waals surface area contributed by atoms with Crippen molar-refractivity contribution >= 4 is 27.7 Å². The normalized spacial score (nSPS) is 10.2. The van der Waals surface area contributed by atoms with Crippen LogP contribution in [-0.2, 0) is 11.3 Å². The van der Waals surface area contributed by atoms with Crippen LogP contribution in [0.5, 0.6) is 0 Å². The molecular formula is C18H19BrN2O2. The molecule has 0 atom stereocenters. The van der Waals surface area contributed by atoms with E-state index in [1.807, 2.05) is 31.2 Å². The number of nitrogens with zero attached hydrogens (tertiary/aromatic N) is 1.